The fraction of sp³-hybridized carbons (Fsp3) is 0.438. The first-order valence-corrected chi connectivity index (χ1v) is 15.2. The molecule has 0 spiro atoms. The molecule has 0 radical (unpaired) electrons. The molecule has 0 unspecified atom stereocenters. The third-order valence-corrected chi connectivity index (χ3v) is 9.75. The van der Waals surface area contributed by atoms with Crippen LogP contribution in [-0.2, 0) is 18.9 Å². The van der Waals surface area contributed by atoms with Gasteiger partial charge in [-0.2, -0.15) is 4.39 Å². The van der Waals surface area contributed by atoms with E-state index >= 15 is 4.39 Å². The van der Waals surface area contributed by atoms with Gasteiger partial charge in [0.25, 0.3) is 0 Å². The molecule has 2 N–H and O–H groups in total. The van der Waals surface area contributed by atoms with Crippen molar-refractivity contribution in [1.29, 1.82) is 0 Å². The van der Waals surface area contributed by atoms with Crippen LogP contribution in [0, 0.1) is 11.9 Å². The maximum Gasteiger partial charge on any atom is 0.329 e. The van der Waals surface area contributed by atoms with E-state index in [0.717, 1.165) is 84.7 Å². The van der Waals surface area contributed by atoms with Gasteiger partial charge in [0.1, 0.15) is 11.4 Å². The molecule has 0 atom stereocenters. The first kappa shape index (κ1) is 26.2. The second-order valence-electron chi connectivity index (χ2n) is 12.6. The van der Waals surface area contributed by atoms with Gasteiger partial charge in [0, 0.05) is 43.4 Å². The van der Waals surface area contributed by atoms with Crippen molar-refractivity contribution < 1.29 is 13.9 Å². The SMILES string of the molecule is Cn1cc(-c2[nH]c3ncc4c5c3c2-c2ccc(cc2)OCCCC2(NC(=O)C3CC3)CCC(CC2)n5c(=O)n4C)c(F)n1. The Morgan fingerprint density at radius 1 is 1.12 bits per heavy atom. The quantitative estimate of drug-likeness (QED) is 0.311. The van der Waals surface area contributed by atoms with Crippen molar-refractivity contribution in [2.75, 3.05) is 6.61 Å². The van der Waals surface area contributed by atoms with E-state index in [9.17, 15) is 9.59 Å². The van der Waals surface area contributed by atoms with Gasteiger partial charge in [-0.3, -0.25) is 18.6 Å². The summed E-state index contributed by atoms with van der Waals surface area (Å²) in [5, 5.41) is 8.17. The molecule has 1 aromatic carbocycles. The zero-order valence-corrected chi connectivity index (χ0v) is 24.3. The number of hydrogen-bond acceptors (Lipinski definition) is 5. The number of hydrogen-bond donors (Lipinski definition) is 2. The van der Waals surface area contributed by atoms with Gasteiger partial charge in [0.15, 0.2) is 0 Å². The maximum atomic E-state index is 15.2. The first-order valence-electron chi connectivity index (χ1n) is 15.2. The predicted molar refractivity (Wildman–Crippen MR) is 160 cm³/mol. The molecule has 11 rings (SSSR count). The minimum Gasteiger partial charge on any atom is -0.494 e. The Morgan fingerprint density at radius 2 is 1.88 bits per heavy atom. The van der Waals surface area contributed by atoms with Crippen LogP contribution in [0.15, 0.2) is 41.5 Å². The molecule has 10 nitrogen and oxygen atoms in total. The van der Waals surface area contributed by atoms with Gasteiger partial charge in [-0.1, -0.05) is 12.1 Å². The standard InChI is InChI=1S/C32H34FN7O3/c1-38-17-22(28(33)37-38)26-24-18-6-8-21(9-7-18)43-15-3-12-32(36-30(41)19-4-5-19)13-10-20(11-14-32)40-27-23(39(2)31(40)42)16-34-29(35-26)25(24)27/h6-9,16-17,19-20H,3-5,10-15H2,1-2H3,(H,34,35)(H,36,41). The highest BCUT2D eigenvalue weighted by atomic mass is 19.1. The number of nitrogens with one attached hydrogen (secondary N) is 2. The second-order valence-corrected chi connectivity index (χ2v) is 12.6. The summed E-state index contributed by atoms with van der Waals surface area (Å²) < 4.78 is 26.4. The zero-order chi connectivity index (χ0) is 29.5. The highest BCUT2D eigenvalue weighted by Crippen LogP contribution is 2.45. The molecule has 4 aromatic heterocycles. The van der Waals surface area contributed by atoms with Gasteiger partial charge in [-0.05, 0) is 69.1 Å². The van der Waals surface area contributed by atoms with Crippen LogP contribution in [0.5, 0.6) is 5.75 Å². The normalized spacial score (nSPS) is 22.1. The van der Waals surface area contributed by atoms with E-state index in [1.807, 2.05) is 28.8 Å². The number of ether oxygens (including phenoxy) is 1. The number of nitrogens with zero attached hydrogens (tertiary/aromatic N) is 5. The van der Waals surface area contributed by atoms with Crippen molar-refractivity contribution in [1.82, 2.24) is 34.2 Å². The average Bonchev–Trinajstić information content (AvgIpc) is 3.64. The molecule has 222 valence electrons. The van der Waals surface area contributed by atoms with Crippen LogP contribution < -0.4 is 15.7 Å². The van der Waals surface area contributed by atoms with Crippen molar-refractivity contribution >= 4 is 28.0 Å². The number of imidazole rings is 1. The number of aryl methyl sites for hydroxylation is 2. The summed E-state index contributed by atoms with van der Waals surface area (Å²) in [4.78, 5) is 35.0. The Bertz CT molecular complexity index is 1950. The number of aromatic nitrogens is 6. The van der Waals surface area contributed by atoms with Crippen LogP contribution in [0.25, 0.3) is 44.5 Å². The molecule has 2 aliphatic carbocycles. The Kier molecular flexibility index (Phi) is 5.83. The van der Waals surface area contributed by atoms with E-state index in [-0.39, 0.29) is 29.1 Å². The third-order valence-electron chi connectivity index (χ3n) is 9.75. The third kappa shape index (κ3) is 4.19. The number of carbonyl (C=O) groups is 1. The number of rotatable bonds is 3. The fourth-order valence-corrected chi connectivity index (χ4v) is 7.32. The molecule has 5 aromatic rings. The number of amides is 1. The molecule has 2 saturated carbocycles. The summed E-state index contributed by atoms with van der Waals surface area (Å²) in [7, 11) is 3.47. The Labute approximate surface area is 246 Å². The first-order chi connectivity index (χ1) is 20.8. The summed E-state index contributed by atoms with van der Waals surface area (Å²) in [6, 6.07) is 7.73. The molecule has 1 amide bonds. The van der Waals surface area contributed by atoms with E-state index in [2.05, 4.69) is 15.4 Å². The lowest BCUT2D eigenvalue weighted by Crippen LogP contribution is -2.52. The molecule has 8 heterocycles. The number of aromatic amines is 1. The van der Waals surface area contributed by atoms with Crippen LogP contribution in [0.2, 0.25) is 0 Å². The van der Waals surface area contributed by atoms with Crippen molar-refractivity contribution in [3.05, 3.63) is 53.1 Å². The molecule has 11 heteroatoms. The Hall–Kier alpha value is -4.41. The van der Waals surface area contributed by atoms with Gasteiger partial charge < -0.3 is 15.0 Å². The van der Waals surface area contributed by atoms with Crippen LogP contribution in [-0.4, -0.2) is 46.9 Å². The van der Waals surface area contributed by atoms with Crippen molar-refractivity contribution in [3.8, 4) is 28.1 Å². The summed E-state index contributed by atoms with van der Waals surface area (Å²) >= 11 is 0. The molecule has 6 aliphatic rings. The number of carbonyl (C=O) groups excluding carboxylic acids is 1. The lowest BCUT2D eigenvalue weighted by molar-refractivity contribution is -0.125. The number of benzene rings is 1. The molecule has 2 fully saturated rings. The van der Waals surface area contributed by atoms with Crippen LogP contribution in [0.4, 0.5) is 4.39 Å². The van der Waals surface area contributed by atoms with Crippen molar-refractivity contribution in [3.63, 3.8) is 0 Å². The second kappa shape index (κ2) is 9.55. The van der Waals surface area contributed by atoms with Crippen molar-refractivity contribution in [2.24, 2.45) is 20.0 Å². The molecule has 0 saturated heterocycles. The minimum absolute atomic E-state index is 0.0550. The summed E-state index contributed by atoms with van der Waals surface area (Å²) in [6.07, 6.45) is 10.0. The summed E-state index contributed by atoms with van der Waals surface area (Å²) in [5.74, 6) is 0.446. The topological polar surface area (TPSA) is 112 Å². The molecule has 4 bridgehead atoms. The van der Waals surface area contributed by atoms with Gasteiger partial charge in [-0.25, -0.2) is 9.78 Å². The Balaban J connectivity index is 1.36. The van der Waals surface area contributed by atoms with E-state index < -0.39 is 5.95 Å². The minimum atomic E-state index is -0.587. The highest BCUT2D eigenvalue weighted by Gasteiger charge is 2.41. The zero-order valence-electron chi connectivity index (χ0n) is 24.3. The van der Waals surface area contributed by atoms with Gasteiger partial charge in [-0.15, -0.1) is 5.10 Å². The number of pyridine rings is 1. The van der Waals surface area contributed by atoms with E-state index in [1.165, 1.54) is 4.68 Å². The molecule has 43 heavy (non-hydrogen) atoms. The molecule has 4 aliphatic heterocycles. The van der Waals surface area contributed by atoms with Crippen LogP contribution in [0.1, 0.15) is 57.4 Å². The number of halogens is 1. The predicted octanol–water partition coefficient (Wildman–Crippen LogP) is 4.98. The highest BCUT2D eigenvalue weighted by molar-refractivity contribution is 6.14. The van der Waals surface area contributed by atoms with Gasteiger partial charge >= 0.3 is 5.69 Å². The Morgan fingerprint density at radius 3 is 2.58 bits per heavy atom. The largest absolute Gasteiger partial charge is 0.494 e. The molecular weight excluding hydrogens is 549 g/mol. The van der Waals surface area contributed by atoms with Gasteiger partial charge in [0.2, 0.25) is 11.9 Å². The smallest absolute Gasteiger partial charge is 0.329 e. The maximum absolute atomic E-state index is 15.2. The monoisotopic (exact) mass is 583 g/mol. The summed E-state index contributed by atoms with van der Waals surface area (Å²) in [5.41, 5.74) is 4.17. The van der Waals surface area contributed by atoms with Crippen molar-refractivity contribution in [2.45, 2.75) is 62.9 Å². The summed E-state index contributed by atoms with van der Waals surface area (Å²) in [6.45, 7) is 0.538. The van der Waals surface area contributed by atoms with E-state index in [0.29, 0.717) is 23.5 Å². The average molecular weight is 584 g/mol. The number of H-pyrrole nitrogens is 1. The van der Waals surface area contributed by atoms with E-state index in [1.54, 1.807) is 31.1 Å². The van der Waals surface area contributed by atoms with Crippen LogP contribution in [0.3, 0.4) is 0 Å². The van der Waals surface area contributed by atoms with E-state index in [4.69, 9.17) is 9.72 Å². The lowest BCUT2D eigenvalue weighted by Gasteiger charge is -2.41. The fourth-order valence-electron chi connectivity index (χ4n) is 7.32. The van der Waals surface area contributed by atoms with Crippen LogP contribution >= 0.6 is 0 Å². The lowest BCUT2D eigenvalue weighted by atomic mass is 9.76. The van der Waals surface area contributed by atoms with Gasteiger partial charge in [0.05, 0.1) is 40.5 Å². The molecular formula is C32H34FN7O3.